The maximum absolute atomic E-state index is 5.73. The first-order valence-corrected chi connectivity index (χ1v) is 4.32. The molecule has 0 bridgehead atoms. The van der Waals surface area contributed by atoms with Crippen LogP contribution >= 0.6 is 0 Å². The molecule has 4 atom stereocenters. The summed E-state index contributed by atoms with van der Waals surface area (Å²) in [4.78, 5) is 0. The van der Waals surface area contributed by atoms with Crippen LogP contribution in [0.15, 0.2) is 0 Å². The van der Waals surface area contributed by atoms with Gasteiger partial charge in [-0.1, -0.05) is 20.8 Å². The van der Waals surface area contributed by atoms with Crippen molar-refractivity contribution in [1.82, 2.24) is 0 Å². The first-order chi connectivity index (χ1) is 4.66. The second kappa shape index (κ2) is 2.95. The van der Waals surface area contributed by atoms with Crippen LogP contribution in [-0.2, 0) is 4.74 Å². The predicted molar refractivity (Wildman–Crippen MR) is 45.8 cm³/mol. The maximum atomic E-state index is 5.73. The Morgan fingerprint density at radius 1 is 1.30 bits per heavy atom. The minimum atomic E-state index is 0.472. The van der Waals surface area contributed by atoms with Crippen molar-refractivity contribution >= 4 is 7.85 Å². The average Bonchev–Trinajstić information content (AvgIpc) is 2.17. The molecule has 0 amide bonds. The fraction of sp³-hybridized carbons (Fsp3) is 1.00. The lowest BCUT2D eigenvalue weighted by Crippen LogP contribution is -2.15. The van der Waals surface area contributed by atoms with E-state index in [1.807, 2.05) is 0 Å². The second-order valence-corrected chi connectivity index (χ2v) is 3.51. The zero-order valence-electron chi connectivity index (χ0n) is 7.42. The van der Waals surface area contributed by atoms with E-state index < -0.39 is 0 Å². The van der Waals surface area contributed by atoms with Gasteiger partial charge in [-0.15, -0.1) is 0 Å². The molecule has 1 heterocycles. The number of hydrogen-bond donors (Lipinski definition) is 0. The molecule has 1 saturated heterocycles. The highest BCUT2D eigenvalue weighted by Gasteiger charge is 2.34. The van der Waals surface area contributed by atoms with Gasteiger partial charge in [0, 0.05) is 6.00 Å². The Bertz CT molecular complexity index is 116. The molecule has 1 rings (SSSR count). The Hall–Kier alpha value is 0.0249. The molecule has 58 valence electrons. The lowest BCUT2D eigenvalue weighted by molar-refractivity contribution is 0.0698. The highest BCUT2D eigenvalue weighted by molar-refractivity contribution is 6.11. The standard InChI is InChI=1S/C8H17BO/c1-4-7-5(2)6(3)8(9)10-7/h5-8H,4,9H2,1-3H3. The fourth-order valence-electron chi connectivity index (χ4n) is 1.76. The summed E-state index contributed by atoms with van der Waals surface area (Å²) in [5.41, 5.74) is 0. The monoisotopic (exact) mass is 140 g/mol. The Morgan fingerprint density at radius 3 is 2.10 bits per heavy atom. The van der Waals surface area contributed by atoms with Crippen LogP contribution in [0.1, 0.15) is 27.2 Å². The zero-order valence-corrected chi connectivity index (χ0v) is 7.42. The summed E-state index contributed by atoms with van der Waals surface area (Å²) in [6.07, 6.45) is 1.68. The summed E-state index contributed by atoms with van der Waals surface area (Å²) in [7, 11) is 2.18. The molecule has 10 heavy (non-hydrogen) atoms. The summed E-state index contributed by atoms with van der Waals surface area (Å²) in [5.74, 6) is 1.49. The fourth-order valence-corrected chi connectivity index (χ4v) is 1.76. The topological polar surface area (TPSA) is 9.23 Å². The van der Waals surface area contributed by atoms with E-state index in [-0.39, 0.29) is 0 Å². The minimum Gasteiger partial charge on any atom is -0.383 e. The van der Waals surface area contributed by atoms with Crippen molar-refractivity contribution < 1.29 is 4.74 Å². The lowest BCUT2D eigenvalue weighted by atomic mass is 9.81. The molecule has 2 heteroatoms. The van der Waals surface area contributed by atoms with Crippen molar-refractivity contribution in [3.8, 4) is 0 Å². The Morgan fingerprint density at radius 2 is 1.90 bits per heavy atom. The van der Waals surface area contributed by atoms with E-state index in [0.717, 1.165) is 18.3 Å². The van der Waals surface area contributed by atoms with Crippen molar-refractivity contribution in [3.05, 3.63) is 0 Å². The third kappa shape index (κ3) is 1.22. The quantitative estimate of drug-likeness (QED) is 0.494. The van der Waals surface area contributed by atoms with Crippen molar-refractivity contribution in [2.24, 2.45) is 11.8 Å². The molecule has 0 saturated carbocycles. The number of rotatable bonds is 1. The summed E-state index contributed by atoms with van der Waals surface area (Å²) in [5, 5.41) is 0. The van der Waals surface area contributed by atoms with Crippen molar-refractivity contribution in [1.29, 1.82) is 0 Å². The number of ether oxygens (including phenoxy) is 1. The zero-order chi connectivity index (χ0) is 7.72. The largest absolute Gasteiger partial charge is 0.383 e. The van der Waals surface area contributed by atoms with Crippen LogP contribution in [0, 0.1) is 11.8 Å². The molecule has 1 aliphatic heterocycles. The van der Waals surface area contributed by atoms with Gasteiger partial charge >= 0.3 is 0 Å². The summed E-state index contributed by atoms with van der Waals surface area (Å²) in [6.45, 7) is 6.78. The molecule has 0 radical (unpaired) electrons. The summed E-state index contributed by atoms with van der Waals surface area (Å²) < 4.78 is 5.73. The number of hydrogen-bond acceptors (Lipinski definition) is 1. The van der Waals surface area contributed by atoms with Crippen LogP contribution < -0.4 is 0 Å². The van der Waals surface area contributed by atoms with E-state index in [1.165, 1.54) is 0 Å². The average molecular weight is 140 g/mol. The van der Waals surface area contributed by atoms with E-state index in [0.29, 0.717) is 12.1 Å². The van der Waals surface area contributed by atoms with Gasteiger partial charge in [0.15, 0.2) is 0 Å². The van der Waals surface area contributed by atoms with Crippen LogP contribution in [0.2, 0.25) is 0 Å². The molecule has 1 aliphatic rings. The van der Waals surface area contributed by atoms with Crippen LogP contribution in [0.5, 0.6) is 0 Å². The van der Waals surface area contributed by atoms with Gasteiger partial charge in [0.05, 0.1) is 6.10 Å². The van der Waals surface area contributed by atoms with Crippen LogP contribution in [0.25, 0.3) is 0 Å². The lowest BCUT2D eigenvalue weighted by Gasteiger charge is -2.13. The normalized spacial score (nSPS) is 47.9. The molecular formula is C8H17BO. The molecule has 4 unspecified atom stereocenters. The molecule has 0 aromatic rings. The van der Waals surface area contributed by atoms with Crippen LogP contribution in [-0.4, -0.2) is 20.0 Å². The van der Waals surface area contributed by atoms with Gasteiger partial charge in [0.1, 0.15) is 7.85 Å². The Labute approximate surface area is 64.6 Å². The highest BCUT2D eigenvalue weighted by atomic mass is 16.5. The van der Waals surface area contributed by atoms with Crippen molar-refractivity contribution in [3.63, 3.8) is 0 Å². The van der Waals surface area contributed by atoms with E-state index >= 15 is 0 Å². The van der Waals surface area contributed by atoms with Crippen molar-refractivity contribution in [2.45, 2.75) is 39.3 Å². The Kier molecular flexibility index (Phi) is 2.40. The molecule has 0 aliphatic carbocycles. The first kappa shape index (κ1) is 8.12. The molecule has 0 aromatic carbocycles. The highest BCUT2D eigenvalue weighted by Crippen LogP contribution is 2.31. The maximum Gasteiger partial charge on any atom is 0.139 e. The van der Waals surface area contributed by atoms with Crippen LogP contribution in [0.3, 0.4) is 0 Å². The van der Waals surface area contributed by atoms with Gasteiger partial charge in [0.2, 0.25) is 0 Å². The first-order valence-electron chi connectivity index (χ1n) is 4.32. The van der Waals surface area contributed by atoms with Gasteiger partial charge in [-0.2, -0.15) is 0 Å². The molecule has 0 N–H and O–H groups in total. The smallest absolute Gasteiger partial charge is 0.139 e. The van der Waals surface area contributed by atoms with Crippen LogP contribution in [0.4, 0.5) is 0 Å². The SMILES string of the molecule is BC1OC(CC)C(C)C1C. The summed E-state index contributed by atoms with van der Waals surface area (Å²) >= 11 is 0. The van der Waals surface area contributed by atoms with Gasteiger partial charge in [-0.05, 0) is 18.3 Å². The Balaban J connectivity index is 2.53. The predicted octanol–water partition coefficient (Wildman–Crippen LogP) is 1.03. The van der Waals surface area contributed by atoms with Gasteiger partial charge in [0.25, 0.3) is 0 Å². The molecule has 1 nitrogen and oxygen atoms in total. The minimum absolute atomic E-state index is 0.472. The van der Waals surface area contributed by atoms with E-state index in [4.69, 9.17) is 4.74 Å². The second-order valence-electron chi connectivity index (χ2n) is 3.51. The van der Waals surface area contributed by atoms with Crippen molar-refractivity contribution in [2.75, 3.05) is 0 Å². The third-order valence-electron chi connectivity index (χ3n) is 2.95. The van der Waals surface area contributed by atoms with E-state index in [1.54, 1.807) is 0 Å². The molecule has 0 spiro atoms. The van der Waals surface area contributed by atoms with Gasteiger partial charge < -0.3 is 4.74 Å². The third-order valence-corrected chi connectivity index (χ3v) is 2.95. The van der Waals surface area contributed by atoms with Gasteiger partial charge in [-0.25, -0.2) is 0 Å². The van der Waals surface area contributed by atoms with E-state index in [9.17, 15) is 0 Å². The van der Waals surface area contributed by atoms with E-state index in [2.05, 4.69) is 28.6 Å². The molecular weight excluding hydrogens is 123 g/mol. The van der Waals surface area contributed by atoms with Gasteiger partial charge in [-0.3, -0.25) is 0 Å². The molecule has 0 aromatic heterocycles. The molecule has 1 fully saturated rings. The summed E-state index contributed by atoms with van der Waals surface area (Å²) in [6, 6.07) is 0.472.